The molecule has 0 unspecified atom stereocenters. The summed E-state index contributed by atoms with van der Waals surface area (Å²) in [7, 11) is 0. The molecule has 0 atom stereocenters. The van der Waals surface area contributed by atoms with E-state index in [1.54, 1.807) is 0 Å². The van der Waals surface area contributed by atoms with Crippen molar-refractivity contribution >= 4 is 5.97 Å². The number of aliphatic carboxylic acids is 1. The lowest BCUT2D eigenvalue weighted by atomic mass is 10.1. The molecule has 0 amide bonds. The van der Waals surface area contributed by atoms with Crippen LogP contribution in [0.5, 0.6) is 0 Å². The molecule has 0 bridgehead atoms. The molecule has 0 rings (SSSR count). The van der Waals surface area contributed by atoms with Crippen molar-refractivity contribution in [3.8, 4) is 0 Å². The van der Waals surface area contributed by atoms with E-state index in [0.717, 1.165) is 13.0 Å². The highest BCUT2D eigenvalue weighted by Crippen LogP contribution is 2.04. The van der Waals surface area contributed by atoms with E-state index in [2.05, 4.69) is 6.92 Å². The van der Waals surface area contributed by atoms with E-state index in [9.17, 15) is 4.79 Å². The average molecular weight is 599 g/mol. The largest absolute Gasteiger partial charge is 0.481 e. The standard InChI is InChI=1S/C29H58O12/c1-2-3-4-5-6-7-9-32-11-13-34-15-17-36-19-21-38-23-25-40-27-28-41-26-24-39-22-20-37-18-16-35-14-12-33-10-8-29(30)31/h2-28H2,1H3,(H,30,31). The first kappa shape index (κ1) is 40.1. The van der Waals surface area contributed by atoms with Gasteiger partial charge in [-0.25, -0.2) is 0 Å². The van der Waals surface area contributed by atoms with E-state index in [-0.39, 0.29) is 13.0 Å². The maximum atomic E-state index is 10.3. The number of rotatable bonds is 37. The summed E-state index contributed by atoms with van der Waals surface area (Å²) in [5.41, 5.74) is 0. The minimum Gasteiger partial charge on any atom is -0.481 e. The monoisotopic (exact) mass is 598 g/mol. The first-order valence-corrected chi connectivity index (χ1v) is 15.3. The molecule has 0 aliphatic rings. The van der Waals surface area contributed by atoms with Gasteiger partial charge in [-0.15, -0.1) is 0 Å². The summed E-state index contributed by atoms with van der Waals surface area (Å²) >= 11 is 0. The summed E-state index contributed by atoms with van der Waals surface area (Å²) in [5.74, 6) is -0.870. The van der Waals surface area contributed by atoms with Gasteiger partial charge in [-0.1, -0.05) is 39.0 Å². The van der Waals surface area contributed by atoms with Crippen LogP contribution in [0.4, 0.5) is 0 Å². The highest BCUT2D eigenvalue weighted by molar-refractivity contribution is 5.66. The molecule has 0 aliphatic carbocycles. The Kier molecular flexibility index (Phi) is 36.3. The second-order valence-corrected chi connectivity index (χ2v) is 9.04. The Labute approximate surface area is 247 Å². The van der Waals surface area contributed by atoms with Gasteiger partial charge in [0.15, 0.2) is 0 Å². The Bertz CT molecular complexity index is 498. The molecular formula is C29H58O12. The number of hydrogen-bond acceptors (Lipinski definition) is 11. The van der Waals surface area contributed by atoms with E-state index in [1.807, 2.05) is 0 Å². The van der Waals surface area contributed by atoms with Gasteiger partial charge in [0.25, 0.3) is 0 Å². The maximum Gasteiger partial charge on any atom is 0.305 e. The smallest absolute Gasteiger partial charge is 0.305 e. The highest BCUT2D eigenvalue weighted by atomic mass is 16.6. The van der Waals surface area contributed by atoms with Crippen LogP contribution in [0.25, 0.3) is 0 Å². The van der Waals surface area contributed by atoms with Crippen LogP contribution >= 0.6 is 0 Å². The van der Waals surface area contributed by atoms with Crippen LogP contribution < -0.4 is 0 Å². The zero-order valence-corrected chi connectivity index (χ0v) is 25.5. The lowest BCUT2D eigenvalue weighted by molar-refractivity contribution is -0.138. The quantitative estimate of drug-likeness (QED) is 0.106. The van der Waals surface area contributed by atoms with Crippen molar-refractivity contribution in [1.82, 2.24) is 0 Å². The van der Waals surface area contributed by atoms with E-state index in [4.69, 9.17) is 52.5 Å². The minimum atomic E-state index is -0.870. The van der Waals surface area contributed by atoms with Crippen molar-refractivity contribution in [3.05, 3.63) is 0 Å². The van der Waals surface area contributed by atoms with Gasteiger partial charge in [0, 0.05) is 6.61 Å². The lowest BCUT2D eigenvalue weighted by Crippen LogP contribution is -2.15. The average Bonchev–Trinajstić information content (AvgIpc) is 2.97. The highest BCUT2D eigenvalue weighted by Gasteiger charge is 1.98. The fraction of sp³-hybridized carbons (Fsp3) is 0.966. The zero-order valence-electron chi connectivity index (χ0n) is 25.5. The minimum absolute atomic E-state index is 0.00248. The fourth-order valence-electron chi connectivity index (χ4n) is 3.23. The summed E-state index contributed by atoms with van der Waals surface area (Å²) in [4.78, 5) is 10.3. The van der Waals surface area contributed by atoms with Gasteiger partial charge in [-0.3, -0.25) is 4.79 Å². The number of carboxylic acid groups (broad SMARTS) is 1. The van der Waals surface area contributed by atoms with Crippen LogP contribution in [-0.4, -0.2) is 143 Å². The zero-order chi connectivity index (χ0) is 29.7. The predicted molar refractivity (Wildman–Crippen MR) is 154 cm³/mol. The Morgan fingerprint density at radius 2 is 0.610 bits per heavy atom. The molecule has 246 valence electrons. The molecule has 0 aromatic carbocycles. The van der Waals surface area contributed by atoms with Crippen LogP contribution in [0.2, 0.25) is 0 Å². The van der Waals surface area contributed by atoms with Crippen molar-refractivity contribution in [1.29, 1.82) is 0 Å². The molecule has 0 spiro atoms. The third kappa shape index (κ3) is 39.1. The van der Waals surface area contributed by atoms with Gasteiger partial charge in [-0.05, 0) is 6.42 Å². The Hall–Kier alpha value is -0.930. The maximum absolute atomic E-state index is 10.3. The molecule has 12 nitrogen and oxygen atoms in total. The third-order valence-corrected chi connectivity index (χ3v) is 5.45. The summed E-state index contributed by atoms with van der Waals surface area (Å²) in [6.45, 7) is 12.4. The number of carboxylic acids is 1. The first-order chi connectivity index (χ1) is 20.3. The topological polar surface area (TPSA) is 130 Å². The molecule has 0 aromatic heterocycles. The van der Waals surface area contributed by atoms with Crippen LogP contribution in [0, 0.1) is 0 Å². The summed E-state index contributed by atoms with van der Waals surface area (Å²) in [6, 6.07) is 0. The Balaban J connectivity index is 3.03. The molecule has 1 N–H and O–H groups in total. The second kappa shape index (κ2) is 37.1. The van der Waals surface area contributed by atoms with Gasteiger partial charge < -0.3 is 52.5 Å². The normalized spacial score (nSPS) is 11.4. The Morgan fingerprint density at radius 3 is 0.902 bits per heavy atom. The van der Waals surface area contributed by atoms with Crippen molar-refractivity contribution < 1.29 is 57.3 Å². The van der Waals surface area contributed by atoms with Crippen molar-refractivity contribution in [2.45, 2.75) is 51.9 Å². The molecule has 0 radical (unpaired) electrons. The SMILES string of the molecule is CCCCCCCCOCCOCCOCCOCCOCCOCCOCCOCCOCCOCCC(=O)O. The van der Waals surface area contributed by atoms with Gasteiger partial charge in [0.05, 0.1) is 132 Å². The lowest BCUT2D eigenvalue weighted by Gasteiger charge is -2.09. The van der Waals surface area contributed by atoms with Gasteiger partial charge in [0.1, 0.15) is 0 Å². The molecule has 0 aromatic rings. The van der Waals surface area contributed by atoms with Crippen molar-refractivity contribution in [2.24, 2.45) is 0 Å². The van der Waals surface area contributed by atoms with Gasteiger partial charge in [-0.2, -0.15) is 0 Å². The molecule has 0 heterocycles. The van der Waals surface area contributed by atoms with Crippen LogP contribution in [0.1, 0.15) is 51.9 Å². The van der Waals surface area contributed by atoms with E-state index in [0.29, 0.717) is 119 Å². The molecule has 41 heavy (non-hydrogen) atoms. The fourth-order valence-corrected chi connectivity index (χ4v) is 3.23. The van der Waals surface area contributed by atoms with E-state index in [1.165, 1.54) is 32.1 Å². The molecule has 12 heteroatoms. The van der Waals surface area contributed by atoms with E-state index >= 15 is 0 Å². The molecular weight excluding hydrogens is 540 g/mol. The van der Waals surface area contributed by atoms with E-state index < -0.39 is 5.97 Å². The van der Waals surface area contributed by atoms with Gasteiger partial charge >= 0.3 is 5.97 Å². The van der Waals surface area contributed by atoms with Crippen molar-refractivity contribution in [3.63, 3.8) is 0 Å². The van der Waals surface area contributed by atoms with Crippen molar-refractivity contribution in [2.75, 3.05) is 132 Å². The van der Waals surface area contributed by atoms with Crippen LogP contribution in [-0.2, 0) is 52.2 Å². The summed E-state index contributed by atoms with van der Waals surface area (Å²) < 4.78 is 54.2. The van der Waals surface area contributed by atoms with Crippen LogP contribution in [0.3, 0.4) is 0 Å². The first-order valence-electron chi connectivity index (χ1n) is 15.3. The van der Waals surface area contributed by atoms with Gasteiger partial charge in [0.2, 0.25) is 0 Å². The number of carbonyl (C=O) groups is 1. The molecule has 0 aliphatic heterocycles. The second-order valence-electron chi connectivity index (χ2n) is 9.04. The number of ether oxygens (including phenoxy) is 10. The third-order valence-electron chi connectivity index (χ3n) is 5.45. The number of unbranched alkanes of at least 4 members (excludes halogenated alkanes) is 5. The molecule has 0 saturated carbocycles. The molecule has 0 fully saturated rings. The predicted octanol–water partition coefficient (Wildman–Crippen LogP) is 2.99. The Morgan fingerprint density at radius 1 is 0.366 bits per heavy atom. The number of hydrogen-bond donors (Lipinski definition) is 1. The summed E-state index contributed by atoms with van der Waals surface area (Å²) in [5, 5.41) is 8.48. The molecule has 0 saturated heterocycles. The van der Waals surface area contributed by atoms with Crippen LogP contribution in [0.15, 0.2) is 0 Å². The summed E-state index contributed by atoms with van der Waals surface area (Å²) in [6.07, 6.45) is 7.67.